The number of halogens is 1. The van der Waals surface area contributed by atoms with Crippen LogP contribution in [0.2, 0.25) is 0 Å². The lowest BCUT2D eigenvalue weighted by Crippen LogP contribution is -2.26. The first-order chi connectivity index (χ1) is 7.59. The molecule has 0 bridgehead atoms. The van der Waals surface area contributed by atoms with Gasteiger partial charge in [-0.25, -0.2) is 0 Å². The third-order valence-corrected chi connectivity index (χ3v) is 5.94. The average Bonchev–Trinajstić information content (AvgIpc) is 2.87. The van der Waals surface area contributed by atoms with Crippen LogP contribution < -0.4 is 0 Å². The van der Waals surface area contributed by atoms with E-state index in [0.29, 0.717) is 5.78 Å². The first-order valence-corrected chi connectivity index (χ1v) is 7.51. The minimum Gasteiger partial charge on any atom is -0.293 e. The minimum atomic E-state index is -0.0449. The van der Waals surface area contributed by atoms with Gasteiger partial charge >= 0.3 is 0 Å². The number of carbonyl (C=O) groups excluding carboxylic acids is 1. The van der Waals surface area contributed by atoms with E-state index in [2.05, 4.69) is 29.8 Å². The molecule has 1 aliphatic carbocycles. The smallest absolute Gasteiger partial charge is 0.178 e. The topological polar surface area (TPSA) is 17.1 Å². The summed E-state index contributed by atoms with van der Waals surface area (Å²) < 4.78 is 1.07. The van der Waals surface area contributed by atoms with Gasteiger partial charge in [0.25, 0.3) is 0 Å². The number of hydrogen-bond donors (Lipinski definition) is 0. The van der Waals surface area contributed by atoms with Gasteiger partial charge in [-0.3, -0.25) is 4.79 Å². The molecule has 1 saturated carbocycles. The van der Waals surface area contributed by atoms with E-state index in [-0.39, 0.29) is 5.41 Å². The number of thiophene rings is 1. The van der Waals surface area contributed by atoms with Crippen molar-refractivity contribution in [1.82, 2.24) is 0 Å². The van der Waals surface area contributed by atoms with E-state index in [1.165, 1.54) is 17.7 Å². The number of carbonyl (C=O) groups is 1. The molecule has 1 aromatic rings. The molecule has 0 amide bonds. The Kier molecular flexibility index (Phi) is 3.55. The quantitative estimate of drug-likeness (QED) is 0.720. The van der Waals surface area contributed by atoms with Crippen molar-refractivity contribution < 1.29 is 4.79 Å². The van der Waals surface area contributed by atoms with Gasteiger partial charge in [0, 0.05) is 14.8 Å². The van der Waals surface area contributed by atoms with Crippen LogP contribution in [0.5, 0.6) is 0 Å². The summed E-state index contributed by atoms with van der Waals surface area (Å²) in [5.41, 5.74) is -0.0449. The molecule has 0 spiro atoms. The highest BCUT2D eigenvalue weighted by atomic mass is 79.9. The van der Waals surface area contributed by atoms with Gasteiger partial charge in [0.05, 0.1) is 4.88 Å². The van der Waals surface area contributed by atoms with Crippen molar-refractivity contribution in [2.75, 3.05) is 0 Å². The molecule has 0 N–H and O–H groups in total. The molecule has 3 heteroatoms. The fraction of sp³-hybridized carbons (Fsp3) is 0.615. The number of rotatable bonds is 3. The lowest BCUT2D eigenvalue weighted by molar-refractivity contribution is 0.0796. The molecule has 0 radical (unpaired) electrons. The molecular formula is C13H17BrOS. The van der Waals surface area contributed by atoms with Crippen LogP contribution in [0, 0.1) is 12.3 Å². The normalized spacial score (nSPS) is 18.9. The highest BCUT2D eigenvalue weighted by molar-refractivity contribution is 9.10. The van der Waals surface area contributed by atoms with Gasteiger partial charge in [-0.15, -0.1) is 11.3 Å². The van der Waals surface area contributed by atoms with Crippen molar-refractivity contribution >= 4 is 33.0 Å². The zero-order chi connectivity index (χ0) is 11.8. The Balaban J connectivity index is 2.30. The summed E-state index contributed by atoms with van der Waals surface area (Å²) in [4.78, 5) is 14.7. The van der Waals surface area contributed by atoms with Crippen LogP contribution in [-0.2, 0) is 0 Å². The maximum absolute atomic E-state index is 12.6. The number of aryl methyl sites for hydroxylation is 1. The van der Waals surface area contributed by atoms with Crippen molar-refractivity contribution in [1.29, 1.82) is 0 Å². The van der Waals surface area contributed by atoms with E-state index in [0.717, 1.165) is 28.6 Å². The molecule has 88 valence electrons. The number of hydrogen-bond acceptors (Lipinski definition) is 2. The summed E-state index contributed by atoms with van der Waals surface area (Å²) in [6.45, 7) is 4.21. The Hall–Kier alpha value is -0.150. The molecule has 0 saturated heterocycles. The summed E-state index contributed by atoms with van der Waals surface area (Å²) in [7, 11) is 0. The van der Waals surface area contributed by atoms with Crippen LogP contribution in [0.1, 0.15) is 53.6 Å². The predicted octanol–water partition coefficient (Wildman–Crippen LogP) is 4.97. The largest absolute Gasteiger partial charge is 0.293 e. The number of Topliss-reactive ketones (excluding diaryl/α,β-unsaturated/α-hetero) is 1. The molecule has 1 heterocycles. The molecule has 1 aromatic heterocycles. The molecule has 1 aliphatic rings. The van der Waals surface area contributed by atoms with Crippen LogP contribution in [0.15, 0.2) is 10.5 Å². The Morgan fingerprint density at radius 1 is 1.50 bits per heavy atom. The monoisotopic (exact) mass is 300 g/mol. The molecule has 16 heavy (non-hydrogen) atoms. The zero-order valence-corrected chi connectivity index (χ0v) is 12.2. The Bertz CT molecular complexity index is 383. The fourth-order valence-corrected chi connectivity index (χ4v) is 4.22. The van der Waals surface area contributed by atoms with E-state index < -0.39 is 0 Å². The van der Waals surface area contributed by atoms with Gasteiger partial charge in [0.2, 0.25) is 0 Å². The second-order valence-electron chi connectivity index (χ2n) is 4.68. The van der Waals surface area contributed by atoms with Crippen molar-refractivity contribution in [2.45, 2.75) is 46.0 Å². The summed E-state index contributed by atoms with van der Waals surface area (Å²) in [5.74, 6) is 0.381. The zero-order valence-electron chi connectivity index (χ0n) is 9.81. The average molecular weight is 301 g/mol. The molecule has 1 nitrogen and oxygen atoms in total. The number of ketones is 1. The molecule has 0 unspecified atom stereocenters. The maximum atomic E-state index is 12.6. The SMILES string of the molecule is CCC1(C(=O)c2cc(Br)c(C)s2)CCCC1. The summed E-state index contributed by atoms with van der Waals surface area (Å²) in [5, 5.41) is 0. The maximum Gasteiger partial charge on any atom is 0.178 e. The van der Waals surface area contributed by atoms with E-state index in [4.69, 9.17) is 0 Å². The standard InChI is InChI=1S/C13H17BrOS/c1-3-13(6-4-5-7-13)12(15)11-8-10(14)9(2)16-11/h8H,3-7H2,1-2H3. The van der Waals surface area contributed by atoms with Crippen molar-refractivity contribution in [2.24, 2.45) is 5.41 Å². The summed E-state index contributed by atoms with van der Waals surface area (Å²) in [6.07, 6.45) is 5.57. The van der Waals surface area contributed by atoms with Gasteiger partial charge in [0.1, 0.15) is 0 Å². The predicted molar refractivity (Wildman–Crippen MR) is 72.3 cm³/mol. The molecule has 2 rings (SSSR count). The van der Waals surface area contributed by atoms with Gasteiger partial charge in [-0.1, -0.05) is 19.8 Å². The van der Waals surface area contributed by atoms with Crippen LogP contribution in [-0.4, -0.2) is 5.78 Å². The van der Waals surface area contributed by atoms with Gasteiger partial charge in [-0.2, -0.15) is 0 Å². The lowest BCUT2D eigenvalue weighted by Gasteiger charge is -2.24. The Morgan fingerprint density at radius 2 is 2.12 bits per heavy atom. The molecule has 0 aliphatic heterocycles. The van der Waals surface area contributed by atoms with Gasteiger partial charge in [-0.05, 0) is 48.2 Å². The molecule has 0 aromatic carbocycles. The van der Waals surface area contributed by atoms with Crippen LogP contribution in [0.4, 0.5) is 0 Å². The second kappa shape index (κ2) is 4.61. The molecule has 1 fully saturated rings. The van der Waals surface area contributed by atoms with Crippen LogP contribution >= 0.6 is 27.3 Å². The van der Waals surface area contributed by atoms with E-state index >= 15 is 0 Å². The van der Waals surface area contributed by atoms with E-state index in [1.54, 1.807) is 11.3 Å². The first kappa shape index (κ1) is 12.3. The van der Waals surface area contributed by atoms with Crippen molar-refractivity contribution in [3.8, 4) is 0 Å². The lowest BCUT2D eigenvalue weighted by atomic mass is 9.78. The highest BCUT2D eigenvalue weighted by Gasteiger charge is 2.40. The van der Waals surface area contributed by atoms with E-state index in [9.17, 15) is 4.79 Å². The second-order valence-corrected chi connectivity index (χ2v) is 6.80. The molecular weight excluding hydrogens is 284 g/mol. The highest BCUT2D eigenvalue weighted by Crippen LogP contribution is 2.45. The van der Waals surface area contributed by atoms with Crippen LogP contribution in [0.3, 0.4) is 0 Å². The Morgan fingerprint density at radius 3 is 2.56 bits per heavy atom. The summed E-state index contributed by atoms with van der Waals surface area (Å²) in [6, 6.07) is 2.00. The third kappa shape index (κ3) is 2.00. The summed E-state index contributed by atoms with van der Waals surface area (Å²) >= 11 is 5.12. The van der Waals surface area contributed by atoms with Crippen LogP contribution in [0.25, 0.3) is 0 Å². The fourth-order valence-electron chi connectivity index (χ4n) is 2.63. The minimum absolute atomic E-state index is 0.0449. The van der Waals surface area contributed by atoms with Gasteiger partial charge < -0.3 is 0 Å². The van der Waals surface area contributed by atoms with Crippen molar-refractivity contribution in [3.63, 3.8) is 0 Å². The van der Waals surface area contributed by atoms with Gasteiger partial charge in [0.15, 0.2) is 5.78 Å². The first-order valence-electron chi connectivity index (χ1n) is 5.90. The third-order valence-electron chi connectivity index (χ3n) is 3.80. The molecule has 0 atom stereocenters. The Labute approximate surface area is 109 Å². The van der Waals surface area contributed by atoms with E-state index in [1.807, 2.05) is 6.07 Å². The van der Waals surface area contributed by atoms with Crippen molar-refractivity contribution in [3.05, 3.63) is 20.3 Å².